The largest absolute Gasteiger partial charge is 0.378 e. The summed E-state index contributed by atoms with van der Waals surface area (Å²) >= 11 is 12.7. The van der Waals surface area contributed by atoms with Crippen molar-refractivity contribution < 1.29 is 9.66 Å². The van der Waals surface area contributed by atoms with E-state index in [4.69, 9.17) is 27.9 Å². The van der Waals surface area contributed by atoms with Crippen LogP contribution in [0, 0.1) is 17.0 Å². The highest BCUT2D eigenvalue weighted by Crippen LogP contribution is 2.38. The van der Waals surface area contributed by atoms with Crippen molar-refractivity contribution in [2.24, 2.45) is 0 Å². The van der Waals surface area contributed by atoms with Gasteiger partial charge in [-0.2, -0.15) is 0 Å². The fraction of sp³-hybridized carbons (Fsp3) is 0.304. The van der Waals surface area contributed by atoms with Crippen molar-refractivity contribution in [3.8, 4) is 11.1 Å². The molecule has 0 bridgehead atoms. The second-order valence-electron chi connectivity index (χ2n) is 6.98. The fourth-order valence-electron chi connectivity index (χ4n) is 3.61. The van der Waals surface area contributed by atoms with Crippen molar-refractivity contribution in [3.05, 3.63) is 85.5 Å². The normalized spacial score (nSPS) is 15.4. The number of halogens is 2. The van der Waals surface area contributed by atoms with Gasteiger partial charge in [-0.3, -0.25) is 10.1 Å². The minimum Gasteiger partial charge on any atom is -0.378 e. The Labute approximate surface area is 186 Å². The molecule has 0 aromatic heterocycles. The molecule has 0 spiro atoms. The van der Waals surface area contributed by atoms with Crippen LogP contribution >= 0.6 is 23.2 Å². The SMILES string of the molecule is CC/C=C/C(=C(\c1cccc(-c2cccc(Cl)c2Cl)c1C)N1CCOCC1)[N+](=O)[O-]. The van der Waals surface area contributed by atoms with Gasteiger partial charge in [0.05, 0.1) is 28.2 Å². The molecule has 0 N–H and O–H groups in total. The van der Waals surface area contributed by atoms with Crippen molar-refractivity contribution in [2.45, 2.75) is 20.3 Å². The number of nitrogens with zero attached hydrogens (tertiary/aromatic N) is 2. The molecule has 30 heavy (non-hydrogen) atoms. The van der Waals surface area contributed by atoms with Gasteiger partial charge in [0.2, 0.25) is 0 Å². The molecule has 2 aromatic rings. The summed E-state index contributed by atoms with van der Waals surface area (Å²) in [6, 6.07) is 11.3. The number of ether oxygens (including phenoxy) is 1. The molecule has 2 aromatic carbocycles. The molecule has 1 heterocycles. The van der Waals surface area contributed by atoms with Crippen LogP contribution in [0.15, 0.2) is 54.2 Å². The molecule has 0 saturated carbocycles. The summed E-state index contributed by atoms with van der Waals surface area (Å²) in [5.74, 6) is 0. The number of morpholine rings is 1. The first-order chi connectivity index (χ1) is 14.5. The van der Waals surface area contributed by atoms with E-state index >= 15 is 0 Å². The summed E-state index contributed by atoms with van der Waals surface area (Å²) in [6.45, 7) is 6.16. The van der Waals surface area contributed by atoms with E-state index < -0.39 is 0 Å². The van der Waals surface area contributed by atoms with Crippen LogP contribution < -0.4 is 0 Å². The summed E-state index contributed by atoms with van der Waals surface area (Å²) in [5.41, 5.74) is 4.09. The van der Waals surface area contributed by atoms with Crippen LogP contribution in [-0.4, -0.2) is 36.1 Å². The van der Waals surface area contributed by atoms with Gasteiger partial charge in [-0.25, -0.2) is 0 Å². The zero-order valence-electron chi connectivity index (χ0n) is 17.0. The maximum absolute atomic E-state index is 12.0. The molecule has 0 aliphatic carbocycles. The highest BCUT2D eigenvalue weighted by Gasteiger charge is 2.27. The Kier molecular flexibility index (Phi) is 7.53. The van der Waals surface area contributed by atoms with Crippen molar-refractivity contribution in [3.63, 3.8) is 0 Å². The lowest BCUT2D eigenvalue weighted by atomic mass is 9.93. The van der Waals surface area contributed by atoms with Crippen LogP contribution in [-0.2, 0) is 4.74 Å². The molecule has 3 rings (SSSR count). The minimum absolute atomic E-state index is 0.0798. The molecular formula is C23H24Cl2N2O3. The Balaban J connectivity index is 2.25. The summed E-state index contributed by atoms with van der Waals surface area (Å²) in [4.78, 5) is 13.8. The van der Waals surface area contributed by atoms with Gasteiger partial charge < -0.3 is 9.64 Å². The van der Waals surface area contributed by atoms with E-state index in [9.17, 15) is 10.1 Å². The van der Waals surface area contributed by atoms with Gasteiger partial charge in [0, 0.05) is 30.3 Å². The number of rotatable bonds is 6. The lowest BCUT2D eigenvalue weighted by Gasteiger charge is -2.31. The Morgan fingerprint density at radius 1 is 1.17 bits per heavy atom. The quantitative estimate of drug-likeness (QED) is 0.300. The van der Waals surface area contributed by atoms with Gasteiger partial charge in [-0.05, 0) is 30.5 Å². The molecule has 1 saturated heterocycles. The highest BCUT2D eigenvalue weighted by atomic mass is 35.5. The second-order valence-corrected chi connectivity index (χ2v) is 7.77. The third-order valence-corrected chi connectivity index (χ3v) is 5.93. The topological polar surface area (TPSA) is 55.6 Å². The number of hydrogen-bond donors (Lipinski definition) is 0. The summed E-state index contributed by atoms with van der Waals surface area (Å²) in [7, 11) is 0. The molecular weight excluding hydrogens is 423 g/mol. The second kappa shape index (κ2) is 10.1. The van der Waals surface area contributed by atoms with Crippen LogP contribution in [0.2, 0.25) is 10.0 Å². The third-order valence-electron chi connectivity index (χ3n) is 5.11. The van der Waals surface area contributed by atoms with E-state index in [-0.39, 0.29) is 10.6 Å². The van der Waals surface area contributed by atoms with E-state index in [1.54, 1.807) is 12.1 Å². The summed E-state index contributed by atoms with van der Waals surface area (Å²) in [6.07, 6.45) is 4.12. The van der Waals surface area contributed by atoms with Gasteiger partial charge in [0.25, 0.3) is 5.70 Å². The molecule has 1 aliphatic heterocycles. The number of allylic oxidation sites excluding steroid dienone is 2. The maximum Gasteiger partial charge on any atom is 0.292 e. The van der Waals surface area contributed by atoms with Crippen LogP contribution in [0.4, 0.5) is 0 Å². The Bertz CT molecular complexity index is 996. The Morgan fingerprint density at radius 3 is 2.50 bits per heavy atom. The predicted octanol–water partition coefficient (Wildman–Crippen LogP) is 6.21. The average Bonchev–Trinajstić information content (AvgIpc) is 2.74. The Hall–Kier alpha value is -2.34. The molecule has 1 aliphatic rings. The predicted molar refractivity (Wildman–Crippen MR) is 122 cm³/mol. The van der Waals surface area contributed by atoms with Crippen LogP contribution in [0.3, 0.4) is 0 Å². The lowest BCUT2D eigenvalue weighted by molar-refractivity contribution is -0.418. The standard InChI is InChI=1S/C23H24Cl2N2O3/c1-3-4-11-21(27(28)29)23(26-12-14-30-15-13-26)18-8-5-7-17(16(18)2)19-9-6-10-20(24)22(19)25/h4-11H,3,12-15H2,1-2H3/b11-4+,23-21-. The van der Waals surface area contributed by atoms with Gasteiger partial charge in [0.1, 0.15) is 5.70 Å². The monoisotopic (exact) mass is 446 g/mol. The number of benzene rings is 2. The fourth-order valence-corrected chi connectivity index (χ4v) is 4.01. The first-order valence-corrected chi connectivity index (χ1v) is 10.6. The minimum atomic E-state index is -0.310. The lowest BCUT2D eigenvalue weighted by Crippen LogP contribution is -2.36. The van der Waals surface area contributed by atoms with E-state index in [0.717, 1.165) is 22.3 Å². The summed E-state index contributed by atoms with van der Waals surface area (Å²) in [5, 5.41) is 13.0. The molecule has 0 radical (unpaired) electrons. The summed E-state index contributed by atoms with van der Waals surface area (Å²) < 4.78 is 5.48. The molecule has 1 fully saturated rings. The third kappa shape index (κ3) is 4.69. The number of hydrogen-bond acceptors (Lipinski definition) is 4. The van der Waals surface area contributed by atoms with E-state index in [1.165, 1.54) is 0 Å². The maximum atomic E-state index is 12.0. The van der Waals surface area contributed by atoms with Crippen molar-refractivity contribution in [1.29, 1.82) is 0 Å². The molecule has 158 valence electrons. The molecule has 0 amide bonds. The highest BCUT2D eigenvalue weighted by molar-refractivity contribution is 6.43. The van der Waals surface area contributed by atoms with Crippen molar-refractivity contribution >= 4 is 28.9 Å². The molecule has 0 unspecified atom stereocenters. The first-order valence-electron chi connectivity index (χ1n) is 9.88. The van der Waals surface area contributed by atoms with Crippen LogP contribution in [0.25, 0.3) is 16.8 Å². The van der Waals surface area contributed by atoms with Gasteiger partial charge >= 0.3 is 0 Å². The van der Waals surface area contributed by atoms with E-state index in [2.05, 4.69) is 0 Å². The van der Waals surface area contributed by atoms with Crippen LogP contribution in [0.1, 0.15) is 24.5 Å². The Morgan fingerprint density at radius 2 is 1.83 bits per heavy atom. The molecule has 0 atom stereocenters. The smallest absolute Gasteiger partial charge is 0.292 e. The number of nitro groups is 1. The van der Waals surface area contributed by atoms with Gasteiger partial charge in [-0.15, -0.1) is 0 Å². The molecule has 7 heteroatoms. The van der Waals surface area contributed by atoms with Crippen molar-refractivity contribution in [2.75, 3.05) is 26.3 Å². The zero-order chi connectivity index (χ0) is 21.7. The van der Waals surface area contributed by atoms with E-state index in [0.29, 0.717) is 48.5 Å². The van der Waals surface area contributed by atoms with Crippen LogP contribution in [0.5, 0.6) is 0 Å². The van der Waals surface area contributed by atoms with Gasteiger partial charge in [-0.1, -0.05) is 66.5 Å². The van der Waals surface area contributed by atoms with Gasteiger partial charge in [0.15, 0.2) is 0 Å². The molecule has 5 nitrogen and oxygen atoms in total. The first kappa shape index (κ1) is 22.3. The van der Waals surface area contributed by atoms with Crippen molar-refractivity contribution in [1.82, 2.24) is 4.90 Å². The zero-order valence-corrected chi connectivity index (χ0v) is 18.5. The van der Waals surface area contributed by atoms with E-state index in [1.807, 2.05) is 55.2 Å². The average molecular weight is 447 g/mol.